The molecule has 5 heteroatoms. The van der Waals surface area contributed by atoms with Gasteiger partial charge in [-0.05, 0) is 13.8 Å². The summed E-state index contributed by atoms with van der Waals surface area (Å²) >= 11 is 0. The molecule has 0 aromatic rings. The Hall–Kier alpha value is -0.930. The minimum absolute atomic E-state index is 0.116. The molecule has 16 heavy (non-hydrogen) atoms. The zero-order valence-electron chi connectivity index (χ0n) is 9.34. The van der Waals surface area contributed by atoms with Gasteiger partial charge in [0, 0.05) is 0 Å². The standard InChI is InChI=1S/C11H15NO4/c1-6(4-12)8(13)10-9(15-10)7-5-14-11(2,3)16-7/h7-10,13H,1,5H2,2-3H3/t7-,8-,9+,10-/m1/s1. The third-order valence-electron chi connectivity index (χ3n) is 2.77. The van der Waals surface area contributed by atoms with E-state index < -0.39 is 18.0 Å². The van der Waals surface area contributed by atoms with E-state index in [-0.39, 0.29) is 17.8 Å². The highest BCUT2D eigenvalue weighted by Gasteiger charge is 2.54. The predicted molar refractivity (Wildman–Crippen MR) is 54.3 cm³/mol. The van der Waals surface area contributed by atoms with E-state index in [1.54, 1.807) is 0 Å². The molecule has 2 rings (SSSR count). The third-order valence-corrected chi connectivity index (χ3v) is 2.77. The van der Waals surface area contributed by atoms with Gasteiger partial charge in [0.1, 0.15) is 24.4 Å². The van der Waals surface area contributed by atoms with E-state index in [9.17, 15) is 5.11 Å². The second-order valence-electron chi connectivity index (χ2n) is 4.51. The van der Waals surface area contributed by atoms with Gasteiger partial charge in [0.25, 0.3) is 0 Å². The van der Waals surface area contributed by atoms with Gasteiger partial charge >= 0.3 is 0 Å². The monoisotopic (exact) mass is 225 g/mol. The highest BCUT2D eigenvalue weighted by atomic mass is 16.8. The molecule has 2 fully saturated rings. The van der Waals surface area contributed by atoms with Crippen molar-refractivity contribution in [2.24, 2.45) is 0 Å². The lowest BCUT2D eigenvalue weighted by atomic mass is 10.1. The van der Waals surface area contributed by atoms with E-state index in [2.05, 4.69) is 6.58 Å². The lowest BCUT2D eigenvalue weighted by Crippen LogP contribution is -2.28. The van der Waals surface area contributed by atoms with Crippen LogP contribution in [0.4, 0.5) is 0 Å². The first-order valence-electron chi connectivity index (χ1n) is 5.19. The number of nitriles is 1. The molecule has 0 aromatic carbocycles. The Morgan fingerprint density at radius 2 is 2.31 bits per heavy atom. The van der Waals surface area contributed by atoms with E-state index in [0.29, 0.717) is 6.61 Å². The summed E-state index contributed by atoms with van der Waals surface area (Å²) in [5.74, 6) is -0.599. The van der Waals surface area contributed by atoms with Crippen LogP contribution in [0, 0.1) is 11.3 Å². The maximum atomic E-state index is 9.67. The average molecular weight is 225 g/mol. The summed E-state index contributed by atoms with van der Waals surface area (Å²) in [6.45, 7) is 7.56. The number of epoxide rings is 1. The highest BCUT2D eigenvalue weighted by Crippen LogP contribution is 2.37. The van der Waals surface area contributed by atoms with E-state index >= 15 is 0 Å². The van der Waals surface area contributed by atoms with Crippen molar-refractivity contribution in [2.75, 3.05) is 6.61 Å². The molecule has 0 bridgehead atoms. The first-order valence-corrected chi connectivity index (χ1v) is 5.19. The molecule has 1 N–H and O–H groups in total. The molecule has 4 atom stereocenters. The SMILES string of the molecule is C=C(C#N)[C@@H](O)[C@H]1O[C@H]1[C@H]1COC(C)(C)O1. The van der Waals surface area contributed by atoms with Gasteiger partial charge in [0.05, 0.1) is 18.2 Å². The number of hydrogen-bond donors (Lipinski definition) is 1. The first kappa shape index (κ1) is 11.6. The zero-order chi connectivity index (χ0) is 11.9. The van der Waals surface area contributed by atoms with Gasteiger partial charge in [-0.1, -0.05) is 6.58 Å². The Labute approximate surface area is 94.2 Å². The molecule has 88 valence electrons. The smallest absolute Gasteiger partial charge is 0.163 e. The van der Waals surface area contributed by atoms with E-state index in [1.165, 1.54) is 0 Å². The summed E-state index contributed by atoms with van der Waals surface area (Å²) in [7, 11) is 0. The van der Waals surface area contributed by atoms with E-state index in [0.717, 1.165) is 0 Å². The van der Waals surface area contributed by atoms with Crippen molar-refractivity contribution in [1.82, 2.24) is 0 Å². The molecule has 2 aliphatic heterocycles. The van der Waals surface area contributed by atoms with Crippen molar-refractivity contribution in [2.45, 2.75) is 44.1 Å². The molecule has 0 amide bonds. The Kier molecular flexibility index (Phi) is 2.76. The number of hydrogen-bond acceptors (Lipinski definition) is 5. The van der Waals surface area contributed by atoms with Gasteiger partial charge in [-0.25, -0.2) is 0 Å². The molecule has 0 aromatic heterocycles. The van der Waals surface area contributed by atoms with Gasteiger partial charge < -0.3 is 19.3 Å². The van der Waals surface area contributed by atoms with Gasteiger partial charge in [0.2, 0.25) is 0 Å². The first-order chi connectivity index (χ1) is 7.44. The fourth-order valence-electron chi connectivity index (χ4n) is 1.83. The molecule has 0 unspecified atom stereocenters. The van der Waals surface area contributed by atoms with Crippen molar-refractivity contribution in [3.63, 3.8) is 0 Å². The Morgan fingerprint density at radius 3 is 2.81 bits per heavy atom. The fraction of sp³-hybridized carbons (Fsp3) is 0.727. The lowest BCUT2D eigenvalue weighted by Gasteiger charge is -2.16. The molecule has 2 saturated heterocycles. The Morgan fingerprint density at radius 1 is 1.62 bits per heavy atom. The van der Waals surface area contributed by atoms with Crippen LogP contribution >= 0.6 is 0 Å². The minimum Gasteiger partial charge on any atom is -0.385 e. The summed E-state index contributed by atoms with van der Waals surface area (Å²) in [6, 6.07) is 1.82. The number of aliphatic hydroxyl groups is 1. The number of aliphatic hydroxyl groups excluding tert-OH is 1. The topological polar surface area (TPSA) is 75.0 Å². The van der Waals surface area contributed by atoms with Crippen molar-refractivity contribution in [3.8, 4) is 6.07 Å². The second kappa shape index (κ2) is 3.82. The van der Waals surface area contributed by atoms with Crippen LogP contribution in [-0.2, 0) is 14.2 Å². The lowest BCUT2D eigenvalue weighted by molar-refractivity contribution is -0.140. The number of rotatable bonds is 3. The van der Waals surface area contributed by atoms with Gasteiger partial charge in [0.15, 0.2) is 5.79 Å². The van der Waals surface area contributed by atoms with Crippen LogP contribution in [0.3, 0.4) is 0 Å². The summed E-state index contributed by atoms with van der Waals surface area (Å²) < 4.78 is 16.3. The number of nitrogens with zero attached hydrogens (tertiary/aromatic N) is 1. The van der Waals surface area contributed by atoms with Crippen molar-refractivity contribution in [3.05, 3.63) is 12.2 Å². The molecule has 2 aliphatic rings. The molecule has 0 aliphatic carbocycles. The Bertz CT molecular complexity index is 346. The summed E-state index contributed by atoms with van der Waals surface area (Å²) in [6.07, 6.45) is -1.72. The molecular weight excluding hydrogens is 210 g/mol. The molecule has 0 radical (unpaired) electrons. The van der Waals surface area contributed by atoms with E-state index in [4.69, 9.17) is 19.5 Å². The Balaban J connectivity index is 1.89. The molecule has 5 nitrogen and oxygen atoms in total. The van der Waals surface area contributed by atoms with Gasteiger partial charge in [-0.3, -0.25) is 0 Å². The largest absolute Gasteiger partial charge is 0.385 e. The third kappa shape index (κ3) is 2.11. The van der Waals surface area contributed by atoms with Gasteiger partial charge in [-0.15, -0.1) is 0 Å². The quantitative estimate of drug-likeness (QED) is 0.554. The zero-order valence-corrected chi connectivity index (χ0v) is 9.34. The molecule has 0 saturated carbocycles. The average Bonchev–Trinajstić information content (AvgIpc) is 2.95. The van der Waals surface area contributed by atoms with Crippen LogP contribution in [0.1, 0.15) is 13.8 Å². The molecular formula is C11H15NO4. The maximum Gasteiger partial charge on any atom is 0.163 e. The van der Waals surface area contributed by atoms with Crippen LogP contribution < -0.4 is 0 Å². The molecule has 2 heterocycles. The normalized spacial score (nSPS) is 37.8. The van der Waals surface area contributed by atoms with Crippen LogP contribution in [-0.4, -0.2) is 41.9 Å². The summed E-state index contributed by atoms with van der Waals surface area (Å²) in [5.41, 5.74) is 0.116. The fourth-order valence-corrected chi connectivity index (χ4v) is 1.83. The van der Waals surface area contributed by atoms with Gasteiger partial charge in [-0.2, -0.15) is 5.26 Å². The summed E-state index contributed by atoms with van der Waals surface area (Å²) in [5, 5.41) is 18.3. The maximum absolute atomic E-state index is 9.67. The van der Waals surface area contributed by atoms with Crippen LogP contribution in [0.5, 0.6) is 0 Å². The minimum atomic E-state index is -0.942. The molecule has 0 spiro atoms. The summed E-state index contributed by atoms with van der Waals surface area (Å²) in [4.78, 5) is 0. The van der Waals surface area contributed by atoms with Crippen LogP contribution in [0.25, 0.3) is 0 Å². The van der Waals surface area contributed by atoms with Crippen molar-refractivity contribution in [1.29, 1.82) is 5.26 Å². The van der Waals surface area contributed by atoms with Crippen LogP contribution in [0.15, 0.2) is 12.2 Å². The van der Waals surface area contributed by atoms with Crippen LogP contribution in [0.2, 0.25) is 0 Å². The van der Waals surface area contributed by atoms with E-state index in [1.807, 2.05) is 19.9 Å². The second-order valence-corrected chi connectivity index (χ2v) is 4.51. The predicted octanol–water partition coefficient (Wildman–Crippen LogP) is 0.346. The van der Waals surface area contributed by atoms with Crippen molar-refractivity contribution < 1.29 is 19.3 Å². The number of ether oxygens (including phenoxy) is 3. The highest BCUT2D eigenvalue weighted by molar-refractivity contribution is 5.25. The van der Waals surface area contributed by atoms with Crippen molar-refractivity contribution >= 4 is 0 Å².